The van der Waals surface area contributed by atoms with Gasteiger partial charge in [-0.05, 0) is 41.0 Å². The van der Waals surface area contributed by atoms with Gasteiger partial charge >= 0.3 is 5.97 Å². The third-order valence-electron chi connectivity index (χ3n) is 3.62. The van der Waals surface area contributed by atoms with Gasteiger partial charge in [-0.15, -0.1) is 0 Å². The highest BCUT2D eigenvalue weighted by atomic mass is 16.5. The van der Waals surface area contributed by atoms with Crippen LogP contribution in [0.5, 0.6) is 5.75 Å². The fourth-order valence-corrected chi connectivity index (χ4v) is 2.44. The Morgan fingerprint density at radius 1 is 0.955 bits per heavy atom. The highest BCUT2D eigenvalue weighted by molar-refractivity contribution is 5.96. The number of aliphatic carboxylic acids is 1. The number of fused-ring (bicyclic) bond motifs is 1. The van der Waals surface area contributed by atoms with E-state index in [2.05, 4.69) is 24.3 Å². The fraction of sp³-hybridized carbons (Fsp3) is 0.105. The second kappa shape index (κ2) is 5.90. The van der Waals surface area contributed by atoms with E-state index in [1.165, 1.54) is 17.7 Å². The number of rotatable bonds is 4. The molecule has 0 amide bonds. The van der Waals surface area contributed by atoms with Crippen LogP contribution in [0.15, 0.2) is 66.7 Å². The van der Waals surface area contributed by atoms with Gasteiger partial charge in [0.1, 0.15) is 5.75 Å². The molecule has 0 saturated carbocycles. The molecular formula is C19H16O3. The van der Waals surface area contributed by atoms with Crippen molar-refractivity contribution < 1.29 is 14.6 Å². The molecule has 0 radical (unpaired) electrons. The van der Waals surface area contributed by atoms with Crippen molar-refractivity contribution in [2.24, 2.45) is 0 Å². The molecule has 0 bridgehead atoms. The van der Waals surface area contributed by atoms with E-state index in [0.29, 0.717) is 5.75 Å². The van der Waals surface area contributed by atoms with Gasteiger partial charge in [0, 0.05) is 0 Å². The smallest absolute Gasteiger partial charge is 0.344 e. The molecule has 0 heterocycles. The molecule has 3 aromatic rings. The van der Waals surface area contributed by atoms with Crippen molar-refractivity contribution in [2.75, 3.05) is 0 Å². The average Bonchev–Trinajstić information content (AvgIpc) is 2.55. The van der Waals surface area contributed by atoms with E-state index in [4.69, 9.17) is 9.84 Å². The molecule has 0 aromatic heterocycles. The topological polar surface area (TPSA) is 46.5 Å². The lowest BCUT2D eigenvalue weighted by Gasteiger charge is -2.11. The van der Waals surface area contributed by atoms with Gasteiger partial charge in [0.25, 0.3) is 0 Å². The number of carbonyl (C=O) groups is 1. The second-order valence-electron chi connectivity index (χ2n) is 5.15. The minimum absolute atomic E-state index is 0.555. The first-order chi connectivity index (χ1) is 10.6. The van der Waals surface area contributed by atoms with Gasteiger partial charge in [-0.3, -0.25) is 0 Å². The summed E-state index contributed by atoms with van der Waals surface area (Å²) in [5.74, 6) is -0.419. The van der Waals surface area contributed by atoms with Crippen molar-refractivity contribution >= 4 is 16.7 Å². The summed E-state index contributed by atoms with van der Waals surface area (Å²) in [5, 5.41) is 11.3. The van der Waals surface area contributed by atoms with Gasteiger partial charge in [0.2, 0.25) is 0 Å². The summed E-state index contributed by atoms with van der Waals surface area (Å²) < 4.78 is 5.35. The predicted molar refractivity (Wildman–Crippen MR) is 87.1 cm³/mol. The third kappa shape index (κ3) is 2.79. The predicted octanol–water partition coefficient (Wildman–Crippen LogP) is 4.36. The SMILES string of the molecule is C[C@@H](Oc1ccc(-c2cccc3ccccc23)cc1)C(=O)O. The Morgan fingerprint density at radius 3 is 2.36 bits per heavy atom. The molecule has 3 aromatic carbocycles. The van der Waals surface area contributed by atoms with Crippen LogP contribution in [0.3, 0.4) is 0 Å². The summed E-state index contributed by atoms with van der Waals surface area (Å²) in [7, 11) is 0. The number of hydrogen-bond donors (Lipinski definition) is 1. The molecule has 0 aliphatic rings. The molecule has 0 fully saturated rings. The van der Waals surface area contributed by atoms with Crippen molar-refractivity contribution in [1.29, 1.82) is 0 Å². The second-order valence-corrected chi connectivity index (χ2v) is 5.15. The zero-order chi connectivity index (χ0) is 15.5. The minimum atomic E-state index is -0.974. The lowest BCUT2D eigenvalue weighted by Crippen LogP contribution is -2.22. The van der Waals surface area contributed by atoms with E-state index in [-0.39, 0.29) is 0 Å². The standard InChI is InChI=1S/C19H16O3/c1-13(19(20)21)22-16-11-9-15(10-12-16)18-8-4-6-14-5-2-3-7-17(14)18/h2-13H,1H3,(H,20,21)/t13-/m1/s1. The molecule has 1 atom stereocenters. The quantitative estimate of drug-likeness (QED) is 0.777. The largest absolute Gasteiger partial charge is 0.479 e. The Morgan fingerprint density at radius 2 is 1.64 bits per heavy atom. The summed E-state index contributed by atoms with van der Waals surface area (Å²) >= 11 is 0. The molecule has 3 nitrogen and oxygen atoms in total. The lowest BCUT2D eigenvalue weighted by molar-refractivity contribution is -0.144. The van der Waals surface area contributed by atoms with Crippen molar-refractivity contribution in [3.8, 4) is 16.9 Å². The first-order valence-corrected chi connectivity index (χ1v) is 7.13. The maximum atomic E-state index is 10.8. The summed E-state index contributed by atoms with van der Waals surface area (Å²) in [6.45, 7) is 1.51. The van der Waals surface area contributed by atoms with Gasteiger partial charge in [0.05, 0.1) is 0 Å². The molecule has 22 heavy (non-hydrogen) atoms. The van der Waals surface area contributed by atoms with Crippen molar-refractivity contribution in [2.45, 2.75) is 13.0 Å². The van der Waals surface area contributed by atoms with E-state index in [9.17, 15) is 4.79 Å². The Bertz CT molecular complexity index is 801. The molecule has 0 spiro atoms. The molecule has 0 aliphatic carbocycles. The molecular weight excluding hydrogens is 276 g/mol. The Labute approximate surface area is 128 Å². The van der Waals surface area contributed by atoms with Gasteiger partial charge < -0.3 is 9.84 Å². The molecule has 0 aliphatic heterocycles. The number of ether oxygens (including phenoxy) is 1. The zero-order valence-corrected chi connectivity index (χ0v) is 12.2. The number of benzene rings is 3. The van der Waals surface area contributed by atoms with Crippen LogP contribution < -0.4 is 4.74 Å². The van der Waals surface area contributed by atoms with Crippen LogP contribution in [0.4, 0.5) is 0 Å². The lowest BCUT2D eigenvalue weighted by atomic mass is 9.98. The van der Waals surface area contributed by atoms with Crippen molar-refractivity contribution in [3.63, 3.8) is 0 Å². The van der Waals surface area contributed by atoms with Crippen LogP contribution in [0.1, 0.15) is 6.92 Å². The molecule has 3 rings (SSSR count). The summed E-state index contributed by atoms with van der Waals surface area (Å²) in [6, 6.07) is 21.9. The van der Waals surface area contributed by atoms with Crippen molar-refractivity contribution in [1.82, 2.24) is 0 Å². The third-order valence-corrected chi connectivity index (χ3v) is 3.62. The summed E-state index contributed by atoms with van der Waals surface area (Å²) in [6.07, 6.45) is -0.858. The molecule has 1 N–H and O–H groups in total. The van der Waals surface area contributed by atoms with Gasteiger partial charge in [0.15, 0.2) is 6.10 Å². The Kier molecular flexibility index (Phi) is 3.79. The minimum Gasteiger partial charge on any atom is -0.479 e. The summed E-state index contributed by atoms with van der Waals surface area (Å²) in [5.41, 5.74) is 2.23. The molecule has 3 heteroatoms. The maximum absolute atomic E-state index is 10.8. The van der Waals surface area contributed by atoms with Crippen LogP contribution >= 0.6 is 0 Å². The highest BCUT2D eigenvalue weighted by Gasteiger charge is 2.12. The normalized spacial score (nSPS) is 12.0. The van der Waals surface area contributed by atoms with E-state index in [1.54, 1.807) is 12.1 Å². The first kappa shape index (κ1) is 14.1. The zero-order valence-electron chi connectivity index (χ0n) is 12.2. The van der Waals surface area contributed by atoms with Crippen LogP contribution in [-0.2, 0) is 4.79 Å². The van der Waals surface area contributed by atoms with Gasteiger partial charge in [-0.1, -0.05) is 54.6 Å². The molecule has 0 saturated heterocycles. The first-order valence-electron chi connectivity index (χ1n) is 7.13. The molecule has 0 unspecified atom stereocenters. The van der Waals surface area contributed by atoms with E-state index < -0.39 is 12.1 Å². The fourth-order valence-electron chi connectivity index (χ4n) is 2.44. The van der Waals surface area contributed by atoms with Gasteiger partial charge in [-0.25, -0.2) is 4.79 Å². The molecule has 110 valence electrons. The van der Waals surface area contributed by atoms with E-state index in [1.807, 2.05) is 30.3 Å². The monoisotopic (exact) mass is 292 g/mol. The summed E-state index contributed by atoms with van der Waals surface area (Å²) in [4.78, 5) is 10.8. The highest BCUT2D eigenvalue weighted by Crippen LogP contribution is 2.29. The van der Waals surface area contributed by atoms with E-state index in [0.717, 1.165) is 11.1 Å². The Hall–Kier alpha value is -2.81. The number of hydrogen-bond acceptors (Lipinski definition) is 2. The van der Waals surface area contributed by atoms with Gasteiger partial charge in [-0.2, -0.15) is 0 Å². The number of carboxylic acid groups (broad SMARTS) is 1. The maximum Gasteiger partial charge on any atom is 0.344 e. The Balaban J connectivity index is 1.93. The van der Waals surface area contributed by atoms with Crippen LogP contribution in [0.25, 0.3) is 21.9 Å². The number of carboxylic acids is 1. The van der Waals surface area contributed by atoms with Crippen LogP contribution in [0, 0.1) is 0 Å². The van der Waals surface area contributed by atoms with Crippen molar-refractivity contribution in [3.05, 3.63) is 66.7 Å². The van der Waals surface area contributed by atoms with Crippen LogP contribution in [-0.4, -0.2) is 17.2 Å². The van der Waals surface area contributed by atoms with Crippen LogP contribution in [0.2, 0.25) is 0 Å². The van der Waals surface area contributed by atoms with E-state index >= 15 is 0 Å². The average molecular weight is 292 g/mol.